The van der Waals surface area contributed by atoms with Gasteiger partial charge >= 0.3 is 0 Å². The molecule has 0 aliphatic rings. The van der Waals surface area contributed by atoms with Crippen LogP contribution in [0.5, 0.6) is 11.5 Å². The molecule has 1 atom stereocenters. The first-order valence-corrected chi connectivity index (χ1v) is 9.84. The summed E-state index contributed by atoms with van der Waals surface area (Å²) in [5.41, 5.74) is 8.63. The van der Waals surface area contributed by atoms with E-state index in [1.165, 1.54) is 0 Å². The van der Waals surface area contributed by atoms with Gasteiger partial charge in [0.05, 0.1) is 19.8 Å². The first kappa shape index (κ1) is 24.6. The van der Waals surface area contributed by atoms with Gasteiger partial charge in [0.25, 0.3) is 0 Å². The summed E-state index contributed by atoms with van der Waals surface area (Å²) in [4.78, 5) is 12.3. The van der Waals surface area contributed by atoms with Gasteiger partial charge in [0.2, 0.25) is 5.91 Å². The molecular weight excluding hydrogens is 388 g/mol. The maximum absolute atomic E-state index is 12.3. The van der Waals surface area contributed by atoms with Crippen molar-refractivity contribution in [3.63, 3.8) is 0 Å². The summed E-state index contributed by atoms with van der Waals surface area (Å²) in [6.45, 7) is 6.95. The van der Waals surface area contributed by atoms with Gasteiger partial charge < -0.3 is 20.5 Å². The van der Waals surface area contributed by atoms with E-state index in [1.807, 2.05) is 49.4 Å². The molecule has 2 rings (SSSR count). The Morgan fingerprint density at radius 1 is 1.10 bits per heavy atom. The highest BCUT2D eigenvalue weighted by molar-refractivity contribution is 5.85. The first-order valence-electron chi connectivity index (χ1n) is 9.84. The van der Waals surface area contributed by atoms with Gasteiger partial charge in [0.1, 0.15) is 0 Å². The molecule has 0 aliphatic carbocycles. The molecule has 0 spiro atoms. The Balaban J connectivity index is 0.00000420. The smallest absolute Gasteiger partial charge is 0.220 e. The van der Waals surface area contributed by atoms with Crippen LogP contribution in [-0.4, -0.2) is 19.6 Å². The SMILES string of the molecule is COc1cc(C(C)NC(=O)CCc2ccccc2N)ccc1OCCC(C)C.Cl. The number of methoxy groups -OCH3 is 1. The number of hydrogen-bond acceptors (Lipinski definition) is 4. The average Bonchev–Trinajstić information content (AvgIpc) is 2.67. The van der Waals surface area contributed by atoms with E-state index >= 15 is 0 Å². The number of rotatable bonds is 10. The van der Waals surface area contributed by atoms with Crippen molar-refractivity contribution in [3.05, 3.63) is 53.6 Å². The van der Waals surface area contributed by atoms with Crippen molar-refractivity contribution >= 4 is 24.0 Å². The zero-order chi connectivity index (χ0) is 20.5. The first-order chi connectivity index (χ1) is 13.4. The minimum absolute atomic E-state index is 0. The van der Waals surface area contributed by atoms with Crippen LogP contribution in [0.1, 0.15) is 50.8 Å². The van der Waals surface area contributed by atoms with Crippen molar-refractivity contribution < 1.29 is 14.3 Å². The Morgan fingerprint density at radius 2 is 1.83 bits per heavy atom. The summed E-state index contributed by atoms with van der Waals surface area (Å²) < 4.78 is 11.3. The molecule has 160 valence electrons. The van der Waals surface area contributed by atoms with Gasteiger partial charge in [-0.3, -0.25) is 4.79 Å². The van der Waals surface area contributed by atoms with Gasteiger partial charge in [-0.05, 0) is 55.0 Å². The average molecular weight is 421 g/mol. The Morgan fingerprint density at radius 3 is 2.48 bits per heavy atom. The molecule has 0 bridgehead atoms. The molecule has 1 amide bonds. The number of ether oxygens (including phenoxy) is 2. The normalized spacial score (nSPS) is 11.5. The topological polar surface area (TPSA) is 73.6 Å². The lowest BCUT2D eigenvalue weighted by atomic mass is 10.1. The van der Waals surface area contributed by atoms with E-state index in [-0.39, 0.29) is 24.4 Å². The van der Waals surface area contributed by atoms with E-state index in [1.54, 1.807) is 7.11 Å². The quantitative estimate of drug-likeness (QED) is 0.534. The van der Waals surface area contributed by atoms with Crippen LogP contribution in [-0.2, 0) is 11.2 Å². The van der Waals surface area contributed by atoms with Crippen LogP contribution >= 0.6 is 12.4 Å². The molecule has 0 radical (unpaired) electrons. The maximum atomic E-state index is 12.3. The highest BCUT2D eigenvalue weighted by Crippen LogP contribution is 2.30. The fourth-order valence-corrected chi connectivity index (χ4v) is 2.88. The molecule has 2 aromatic carbocycles. The molecule has 0 saturated heterocycles. The second-order valence-electron chi connectivity index (χ2n) is 7.43. The number of hydrogen-bond donors (Lipinski definition) is 2. The second-order valence-corrected chi connectivity index (χ2v) is 7.43. The number of amides is 1. The summed E-state index contributed by atoms with van der Waals surface area (Å²) in [6, 6.07) is 13.3. The van der Waals surface area contributed by atoms with Gasteiger partial charge in [-0.15, -0.1) is 12.4 Å². The lowest BCUT2D eigenvalue weighted by Crippen LogP contribution is -2.26. The third-order valence-corrected chi connectivity index (χ3v) is 4.69. The third kappa shape index (κ3) is 7.86. The van der Waals surface area contributed by atoms with Crippen molar-refractivity contribution in [3.8, 4) is 11.5 Å². The molecule has 3 N–H and O–H groups in total. The van der Waals surface area contributed by atoms with Crippen molar-refractivity contribution in [1.29, 1.82) is 0 Å². The van der Waals surface area contributed by atoms with Crippen LogP contribution < -0.4 is 20.5 Å². The molecule has 29 heavy (non-hydrogen) atoms. The van der Waals surface area contributed by atoms with Crippen molar-refractivity contribution in [1.82, 2.24) is 5.32 Å². The summed E-state index contributed by atoms with van der Waals surface area (Å²) in [7, 11) is 1.63. The number of nitrogens with one attached hydrogen (secondary N) is 1. The number of para-hydroxylation sites is 1. The lowest BCUT2D eigenvalue weighted by Gasteiger charge is -2.17. The molecule has 0 aromatic heterocycles. The van der Waals surface area contributed by atoms with Gasteiger partial charge in [0, 0.05) is 12.1 Å². The maximum Gasteiger partial charge on any atom is 0.220 e. The molecule has 5 nitrogen and oxygen atoms in total. The van der Waals surface area contributed by atoms with Crippen LogP contribution in [0.3, 0.4) is 0 Å². The summed E-state index contributed by atoms with van der Waals surface area (Å²) >= 11 is 0. The lowest BCUT2D eigenvalue weighted by molar-refractivity contribution is -0.121. The minimum atomic E-state index is -0.126. The molecule has 1 unspecified atom stereocenters. The van der Waals surface area contributed by atoms with Crippen LogP contribution in [0.15, 0.2) is 42.5 Å². The summed E-state index contributed by atoms with van der Waals surface area (Å²) in [6.07, 6.45) is 2.01. The molecular formula is C23H33ClN2O3. The number of halogens is 1. The van der Waals surface area contributed by atoms with Gasteiger partial charge in [-0.1, -0.05) is 38.1 Å². The predicted molar refractivity (Wildman–Crippen MR) is 121 cm³/mol. The second kappa shape index (κ2) is 12.2. The van der Waals surface area contributed by atoms with Crippen molar-refractivity contribution in [2.75, 3.05) is 19.5 Å². The molecule has 0 aliphatic heterocycles. The predicted octanol–water partition coefficient (Wildman–Crippen LogP) is 4.93. The molecule has 0 saturated carbocycles. The molecule has 0 fully saturated rings. The summed E-state index contributed by atoms with van der Waals surface area (Å²) in [5.74, 6) is 1.99. The standard InChI is InChI=1S/C23H32N2O3.ClH/c1-16(2)13-14-28-21-11-9-19(15-22(21)27-4)17(3)25-23(26)12-10-18-7-5-6-8-20(18)24;/h5-9,11,15-17H,10,12-14,24H2,1-4H3,(H,25,26);1H. The summed E-state index contributed by atoms with van der Waals surface area (Å²) in [5, 5.41) is 3.04. The Bertz CT molecular complexity index is 780. The number of carbonyl (C=O) groups excluding carboxylic acids is 1. The highest BCUT2D eigenvalue weighted by Gasteiger charge is 2.13. The molecule has 0 heterocycles. The van der Waals surface area contributed by atoms with Crippen molar-refractivity contribution in [2.45, 2.75) is 46.1 Å². The molecule has 6 heteroatoms. The third-order valence-electron chi connectivity index (χ3n) is 4.69. The highest BCUT2D eigenvalue weighted by atomic mass is 35.5. The zero-order valence-corrected chi connectivity index (χ0v) is 18.6. The van der Waals surface area contributed by atoms with Crippen molar-refractivity contribution in [2.24, 2.45) is 5.92 Å². The van der Waals surface area contributed by atoms with E-state index in [4.69, 9.17) is 15.2 Å². The monoisotopic (exact) mass is 420 g/mol. The van der Waals surface area contributed by atoms with Gasteiger partial charge in [0.15, 0.2) is 11.5 Å². The van der Waals surface area contributed by atoms with E-state index < -0.39 is 0 Å². The number of carbonyl (C=O) groups is 1. The number of benzene rings is 2. The Kier molecular flexibility index (Phi) is 10.4. The van der Waals surface area contributed by atoms with Gasteiger partial charge in [-0.2, -0.15) is 0 Å². The van der Waals surface area contributed by atoms with Crippen LogP contribution in [0.25, 0.3) is 0 Å². The van der Waals surface area contributed by atoms with E-state index in [2.05, 4.69) is 19.2 Å². The largest absolute Gasteiger partial charge is 0.493 e. The zero-order valence-electron chi connectivity index (χ0n) is 17.7. The van der Waals surface area contributed by atoms with E-state index in [0.717, 1.165) is 29.0 Å². The number of aryl methyl sites for hydroxylation is 1. The molecule has 2 aromatic rings. The van der Waals surface area contributed by atoms with Gasteiger partial charge in [-0.25, -0.2) is 0 Å². The van der Waals surface area contributed by atoms with Crippen LogP contribution in [0.2, 0.25) is 0 Å². The Hall–Kier alpha value is -2.40. The van der Waals surface area contributed by atoms with Crippen LogP contribution in [0, 0.1) is 5.92 Å². The fourth-order valence-electron chi connectivity index (χ4n) is 2.88. The number of nitrogen functional groups attached to an aromatic ring is 1. The minimum Gasteiger partial charge on any atom is -0.493 e. The Labute approximate surface area is 180 Å². The fraction of sp³-hybridized carbons (Fsp3) is 0.435. The number of anilines is 1. The van der Waals surface area contributed by atoms with E-state index in [0.29, 0.717) is 31.1 Å². The number of nitrogens with two attached hydrogens (primary N) is 1. The van der Waals surface area contributed by atoms with Crippen LogP contribution in [0.4, 0.5) is 5.69 Å². The van der Waals surface area contributed by atoms with E-state index in [9.17, 15) is 4.79 Å².